The molecule has 4 aromatic rings. The summed E-state index contributed by atoms with van der Waals surface area (Å²) in [7, 11) is 3.25. The zero-order valence-corrected chi connectivity index (χ0v) is 19.7. The van der Waals surface area contributed by atoms with Crippen LogP contribution in [0.15, 0.2) is 78.9 Å². The van der Waals surface area contributed by atoms with E-state index in [-0.39, 0.29) is 11.9 Å². The molecule has 1 aromatic heterocycles. The number of fused-ring (bicyclic) bond motifs is 1. The van der Waals surface area contributed by atoms with Gasteiger partial charge >= 0.3 is 0 Å². The van der Waals surface area contributed by atoms with Gasteiger partial charge in [-0.25, -0.2) is 0 Å². The van der Waals surface area contributed by atoms with Crippen LogP contribution >= 0.6 is 0 Å². The SMILES string of the molecule is COCCN1C(=O)c2[nH]nc(-c3ccccc3)c2C1c1ccc(OCc2ccccc2)c(OC)c1. The third-order valence-electron chi connectivity index (χ3n) is 6.19. The molecule has 0 aliphatic carbocycles. The average Bonchev–Trinajstić information content (AvgIpc) is 3.46. The molecule has 0 spiro atoms. The maximum atomic E-state index is 13.4. The molecule has 3 aromatic carbocycles. The van der Waals surface area contributed by atoms with Crippen molar-refractivity contribution in [2.45, 2.75) is 12.6 Å². The van der Waals surface area contributed by atoms with Gasteiger partial charge in [0.15, 0.2) is 11.5 Å². The van der Waals surface area contributed by atoms with Crippen molar-refractivity contribution < 1.29 is 19.0 Å². The molecule has 0 saturated carbocycles. The highest BCUT2D eigenvalue weighted by Crippen LogP contribution is 2.44. The summed E-state index contributed by atoms with van der Waals surface area (Å²) in [6.45, 7) is 1.31. The van der Waals surface area contributed by atoms with E-state index in [1.807, 2.05) is 83.8 Å². The van der Waals surface area contributed by atoms with E-state index in [9.17, 15) is 4.79 Å². The fourth-order valence-corrected chi connectivity index (χ4v) is 4.49. The van der Waals surface area contributed by atoms with Crippen LogP contribution in [0.2, 0.25) is 0 Å². The maximum absolute atomic E-state index is 13.4. The summed E-state index contributed by atoms with van der Waals surface area (Å²) in [5, 5.41) is 7.49. The van der Waals surface area contributed by atoms with Crippen molar-refractivity contribution in [1.29, 1.82) is 0 Å². The average molecular weight is 470 g/mol. The molecular formula is C28H27N3O4. The first-order chi connectivity index (χ1) is 17.2. The van der Waals surface area contributed by atoms with Crippen molar-refractivity contribution in [2.75, 3.05) is 27.4 Å². The van der Waals surface area contributed by atoms with E-state index >= 15 is 0 Å². The number of rotatable bonds is 9. The smallest absolute Gasteiger partial charge is 0.273 e. The maximum Gasteiger partial charge on any atom is 0.273 e. The molecule has 2 heterocycles. The van der Waals surface area contributed by atoms with Crippen LogP contribution in [0.4, 0.5) is 0 Å². The van der Waals surface area contributed by atoms with Gasteiger partial charge in [-0.1, -0.05) is 66.7 Å². The number of carbonyl (C=O) groups is 1. The van der Waals surface area contributed by atoms with E-state index in [2.05, 4.69) is 10.2 Å². The number of methoxy groups -OCH3 is 2. The Morgan fingerprint density at radius 1 is 0.943 bits per heavy atom. The minimum absolute atomic E-state index is 0.0971. The van der Waals surface area contributed by atoms with Crippen LogP contribution in [0, 0.1) is 0 Å². The number of amides is 1. The van der Waals surface area contributed by atoms with E-state index in [1.165, 1.54) is 0 Å². The molecule has 1 atom stereocenters. The van der Waals surface area contributed by atoms with Gasteiger partial charge < -0.3 is 19.1 Å². The van der Waals surface area contributed by atoms with Gasteiger partial charge in [-0.15, -0.1) is 0 Å². The minimum Gasteiger partial charge on any atom is -0.493 e. The van der Waals surface area contributed by atoms with Gasteiger partial charge in [0, 0.05) is 24.8 Å². The van der Waals surface area contributed by atoms with E-state index in [0.29, 0.717) is 37.0 Å². The van der Waals surface area contributed by atoms with Crippen molar-refractivity contribution in [3.63, 3.8) is 0 Å². The van der Waals surface area contributed by atoms with E-state index < -0.39 is 0 Å². The summed E-state index contributed by atoms with van der Waals surface area (Å²) in [5.41, 5.74) is 5.07. The van der Waals surface area contributed by atoms with Crippen LogP contribution < -0.4 is 9.47 Å². The highest BCUT2D eigenvalue weighted by Gasteiger charge is 2.42. The third-order valence-corrected chi connectivity index (χ3v) is 6.19. The van der Waals surface area contributed by atoms with Crippen molar-refractivity contribution in [1.82, 2.24) is 15.1 Å². The lowest BCUT2D eigenvalue weighted by molar-refractivity contribution is 0.0677. The van der Waals surface area contributed by atoms with Crippen LogP contribution in [0.3, 0.4) is 0 Å². The minimum atomic E-state index is -0.335. The zero-order chi connectivity index (χ0) is 24.2. The number of nitrogens with zero attached hydrogens (tertiary/aromatic N) is 2. The Morgan fingerprint density at radius 2 is 1.69 bits per heavy atom. The van der Waals surface area contributed by atoms with Gasteiger partial charge in [-0.2, -0.15) is 5.10 Å². The monoisotopic (exact) mass is 469 g/mol. The number of hydrogen-bond acceptors (Lipinski definition) is 5. The lowest BCUT2D eigenvalue weighted by Gasteiger charge is -2.26. The normalized spacial score (nSPS) is 14.7. The molecule has 1 aliphatic heterocycles. The number of carbonyl (C=O) groups excluding carboxylic acids is 1. The molecule has 1 amide bonds. The summed E-state index contributed by atoms with van der Waals surface area (Å²) >= 11 is 0. The Bertz CT molecular complexity index is 1300. The number of benzene rings is 3. The van der Waals surface area contributed by atoms with Crippen molar-refractivity contribution >= 4 is 5.91 Å². The highest BCUT2D eigenvalue weighted by atomic mass is 16.5. The van der Waals surface area contributed by atoms with Crippen LogP contribution in [0.5, 0.6) is 11.5 Å². The number of aromatic amines is 1. The largest absolute Gasteiger partial charge is 0.493 e. The lowest BCUT2D eigenvalue weighted by atomic mass is 9.95. The Balaban J connectivity index is 1.53. The van der Waals surface area contributed by atoms with Gasteiger partial charge in [0.05, 0.1) is 25.5 Å². The number of nitrogens with one attached hydrogen (secondary N) is 1. The molecular weight excluding hydrogens is 442 g/mol. The molecule has 1 aliphatic rings. The number of ether oxygens (including phenoxy) is 3. The van der Waals surface area contributed by atoms with Crippen molar-refractivity contribution in [2.24, 2.45) is 0 Å². The molecule has 178 valence electrons. The summed E-state index contributed by atoms with van der Waals surface area (Å²) in [4.78, 5) is 15.2. The summed E-state index contributed by atoms with van der Waals surface area (Å²) in [6, 6.07) is 25.4. The van der Waals surface area contributed by atoms with Crippen LogP contribution in [-0.2, 0) is 11.3 Å². The Morgan fingerprint density at radius 3 is 2.40 bits per heavy atom. The zero-order valence-electron chi connectivity index (χ0n) is 19.7. The first-order valence-corrected chi connectivity index (χ1v) is 11.5. The van der Waals surface area contributed by atoms with E-state index in [1.54, 1.807) is 14.2 Å². The molecule has 0 fully saturated rings. The summed E-state index contributed by atoms with van der Waals surface area (Å²) in [5.74, 6) is 1.15. The second-order valence-corrected chi connectivity index (χ2v) is 8.31. The number of hydrogen-bond donors (Lipinski definition) is 1. The predicted octanol–water partition coefficient (Wildman–Crippen LogP) is 4.86. The standard InChI is InChI=1S/C28H27N3O4/c1-33-16-15-31-27(24-25(20-11-7-4-8-12-20)29-30-26(24)28(31)32)21-13-14-22(23(17-21)34-2)35-18-19-9-5-3-6-10-19/h3-14,17,27H,15-16,18H2,1-2H3,(H,29,30). The van der Waals surface area contributed by atoms with E-state index in [0.717, 1.165) is 27.9 Å². The molecule has 0 radical (unpaired) electrons. The summed E-state index contributed by atoms with van der Waals surface area (Å²) in [6.07, 6.45) is 0. The Labute approximate surface area is 204 Å². The second kappa shape index (κ2) is 10.0. The van der Waals surface area contributed by atoms with Crippen molar-refractivity contribution in [3.05, 3.63) is 101 Å². The lowest BCUT2D eigenvalue weighted by Crippen LogP contribution is -2.32. The molecule has 1 N–H and O–H groups in total. The molecule has 7 heteroatoms. The Hall–Kier alpha value is -4.10. The fourth-order valence-electron chi connectivity index (χ4n) is 4.49. The van der Waals surface area contributed by atoms with Gasteiger partial charge in [0.1, 0.15) is 12.3 Å². The van der Waals surface area contributed by atoms with E-state index in [4.69, 9.17) is 14.2 Å². The quantitative estimate of drug-likeness (QED) is 0.379. The molecule has 7 nitrogen and oxygen atoms in total. The van der Waals surface area contributed by atoms with Crippen LogP contribution in [0.25, 0.3) is 11.3 Å². The van der Waals surface area contributed by atoms with Crippen LogP contribution in [0.1, 0.15) is 33.2 Å². The molecule has 5 rings (SSSR count). The molecule has 35 heavy (non-hydrogen) atoms. The first-order valence-electron chi connectivity index (χ1n) is 11.5. The second-order valence-electron chi connectivity index (χ2n) is 8.31. The third kappa shape index (κ3) is 4.38. The van der Waals surface area contributed by atoms with Gasteiger partial charge in [-0.3, -0.25) is 9.89 Å². The first kappa shape index (κ1) is 22.7. The predicted molar refractivity (Wildman–Crippen MR) is 133 cm³/mol. The van der Waals surface area contributed by atoms with Gasteiger partial charge in [-0.05, 0) is 23.3 Å². The molecule has 1 unspecified atom stereocenters. The van der Waals surface area contributed by atoms with Gasteiger partial charge in [0.25, 0.3) is 5.91 Å². The topological polar surface area (TPSA) is 76.7 Å². The van der Waals surface area contributed by atoms with Gasteiger partial charge in [0.2, 0.25) is 0 Å². The van der Waals surface area contributed by atoms with Crippen molar-refractivity contribution in [3.8, 4) is 22.8 Å². The molecule has 0 bridgehead atoms. The fraction of sp³-hybridized carbons (Fsp3) is 0.214. The highest BCUT2D eigenvalue weighted by molar-refractivity contribution is 6.00. The van der Waals surface area contributed by atoms with Crippen LogP contribution in [-0.4, -0.2) is 48.4 Å². The Kier molecular flexibility index (Phi) is 6.50. The molecule has 0 saturated heterocycles. The number of H-pyrrole nitrogens is 1. The summed E-state index contributed by atoms with van der Waals surface area (Å²) < 4.78 is 17.0. The number of aromatic nitrogens is 2.